The Morgan fingerprint density at radius 3 is 2.70 bits per heavy atom. The first-order valence-corrected chi connectivity index (χ1v) is 9.52. The molecule has 136 valence electrons. The summed E-state index contributed by atoms with van der Waals surface area (Å²) in [5.74, 6) is 0.918. The van der Waals surface area contributed by atoms with Crippen molar-refractivity contribution in [1.82, 2.24) is 10.3 Å². The first-order valence-electron chi connectivity index (χ1n) is 8.71. The molecular weight excluding hydrogens is 360 g/mol. The van der Waals surface area contributed by atoms with Gasteiger partial charge in [0, 0.05) is 6.54 Å². The number of phenols is 1. The molecular formula is C21H18N2O3S. The van der Waals surface area contributed by atoms with Gasteiger partial charge in [0.1, 0.15) is 5.75 Å². The number of para-hydroxylation sites is 1. The van der Waals surface area contributed by atoms with Crippen LogP contribution in [0.25, 0.3) is 21.0 Å². The van der Waals surface area contributed by atoms with Gasteiger partial charge >= 0.3 is 0 Å². The number of nitrogens with one attached hydrogen (secondary N) is 1. The third kappa shape index (κ3) is 4.01. The summed E-state index contributed by atoms with van der Waals surface area (Å²) >= 11 is 1.54. The van der Waals surface area contributed by atoms with Gasteiger partial charge in [0.25, 0.3) is 5.91 Å². The number of furan rings is 1. The standard InChI is InChI=1S/C21H18N2O3S/c24-15-9-7-14(8-10-15)4-3-13-22-20(25)17-11-12-18(26-17)21-23-16-5-1-2-6-19(16)27-21/h1-2,5-12,24H,3-4,13H2,(H,22,25). The third-order valence-corrected chi connectivity index (χ3v) is 5.25. The maximum Gasteiger partial charge on any atom is 0.287 e. The van der Waals surface area contributed by atoms with Crippen LogP contribution >= 0.6 is 11.3 Å². The van der Waals surface area contributed by atoms with Gasteiger partial charge < -0.3 is 14.8 Å². The Bertz CT molecular complexity index is 1030. The molecule has 2 aromatic heterocycles. The van der Waals surface area contributed by atoms with E-state index in [-0.39, 0.29) is 17.4 Å². The van der Waals surface area contributed by atoms with Crippen LogP contribution < -0.4 is 5.32 Å². The predicted molar refractivity (Wildman–Crippen MR) is 106 cm³/mol. The van der Waals surface area contributed by atoms with Crippen LogP contribution in [0.4, 0.5) is 0 Å². The van der Waals surface area contributed by atoms with Crippen LogP contribution in [0, 0.1) is 0 Å². The van der Waals surface area contributed by atoms with E-state index < -0.39 is 0 Å². The average Bonchev–Trinajstić information content (AvgIpc) is 3.33. The summed E-state index contributed by atoms with van der Waals surface area (Å²) in [5, 5.41) is 12.9. The van der Waals surface area contributed by atoms with Crippen molar-refractivity contribution in [2.75, 3.05) is 6.54 Å². The topological polar surface area (TPSA) is 75.4 Å². The van der Waals surface area contributed by atoms with Crippen molar-refractivity contribution in [3.8, 4) is 16.5 Å². The number of aryl methyl sites for hydroxylation is 1. The minimum Gasteiger partial charge on any atom is -0.508 e. The number of carbonyl (C=O) groups excluding carboxylic acids is 1. The number of hydrogen-bond acceptors (Lipinski definition) is 5. The van der Waals surface area contributed by atoms with Crippen molar-refractivity contribution in [3.05, 3.63) is 72.0 Å². The highest BCUT2D eigenvalue weighted by atomic mass is 32.1. The second-order valence-electron chi connectivity index (χ2n) is 6.18. The van der Waals surface area contributed by atoms with Crippen molar-refractivity contribution < 1.29 is 14.3 Å². The van der Waals surface area contributed by atoms with Gasteiger partial charge in [-0.25, -0.2) is 4.98 Å². The Morgan fingerprint density at radius 1 is 1.07 bits per heavy atom. The van der Waals surface area contributed by atoms with E-state index in [0.717, 1.165) is 33.6 Å². The van der Waals surface area contributed by atoms with Crippen LogP contribution in [0.3, 0.4) is 0 Å². The summed E-state index contributed by atoms with van der Waals surface area (Å²) in [5.41, 5.74) is 2.05. The molecule has 0 bridgehead atoms. The van der Waals surface area contributed by atoms with Gasteiger partial charge in [-0.3, -0.25) is 4.79 Å². The lowest BCUT2D eigenvalue weighted by molar-refractivity contribution is 0.0926. The number of rotatable bonds is 6. The van der Waals surface area contributed by atoms with Crippen LogP contribution in [-0.4, -0.2) is 22.5 Å². The number of fused-ring (bicyclic) bond motifs is 1. The summed E-state index contributed by atoms with van der Waals surface area (Å²) in [6, 6.07) is 18.5. The maximum absolute atomic E-state index is 12.3. The molecule has 0 aliphatic rings. The molecule has 0 saturated heterocycles. The molecule has 0 radical (unpaired) electrons. The lowest BCUT2D eigenvalue weighted by Crippen LogP contribution is -2.24. The molecule has 5 nitrogen and oxygen atoms in total. The number of carbonyl (C=O) groups is 1. The lowest BCUT2D eigenvalue weighted by atomic mass is 10.1. The number of aromatic hydroxyl groups is 1. The van der Waals surface area contributed by atoms with Gasteiger partial charge in [0.15, 0.2) is 16.5 Å². The highest BCUT2D eigenvalue weighted by Crippen LogP contribution is 2.31. The smallest absolute Gasteiger partial charge is 0.287 e. The molecule has 0 spiro atoms. The molecule has 6 heteroatoms. The molecule has 0 fully saturated rings. The fourth-order valence-electron chi connectivity index (χ4n) is 2.80. The summed E-state index contributed by atoms with van der Waals surface area (Å²) in [4.78, 5) is 16.8. The zero-order valence-corrected chi connectivity index (χ0v) is 15.3. The molecule has 0 unspecified atom stereocenters. The van der Waals surface area contributed by atoms with Crippen LogP contribution in [0.5, 0.6) is 5.75 Å². The van der Waals surface area contributed by atoms with E-state index in [2.05, 4.69) is 10.3 Å². The molecule has 0 atom stereocenters. The molecule has 27 heavy (non-hydrogen) atoms. The summed E-state index contributed by atoms with van der Waals surface area (Å²) in [7, 11) is 0. The number of thiazole rings is 1. The monoisotopic (exact) mass is 378 g/mol. The van der Waals surface area contributed by atoms with Crippen LogP contribution in [-0.2, 0) is 6.42 Å². The number of amides is 1. The summed E-state index contributed by atoms with van der Waals surface area (Å²) in [6.07, 6.45) is 1.64. The zero-order chi connectivity index (χ0) is 18.6. The SMILES string of the molecule is O=C(NCCCc1ccc(O)cc1)c1ccc(-c2nc3ccccc3s2)o1. The molecule has 0 aliphatic carbocycles. The molecule has 2 N–H and O–H groups in total. The number of nitrogens with zero attached hydrogens (tertiary/aromatic N) is 1. The van der Waals surface area contributed by atoms with Crippen LogP contribution in [0.2, 0.25) is 0 Å². The molecule has 0 saturated carbocycles. The van der Waals surface area contributed by atoms with Crippen molar-refractivity contribution in [2.45, 2.75) is 12.8 Å². The first kappa shape index (κ1) is 17.3. The van der Waals surface area contributed by atoms with Crippen molar-refractivity contribution in [1.29, 1.82) is 0 Å². The Hall–Kier alpha value is -3.12. The number of hydrogen-bond donors (Lipinski definition) is 2. The number of phenolic OH excluding ortho intramolecular Hbond substituents is 1. The van der Waals surface area contributed by atoms with E-state index in [1.54, 1.807) is 35.6 Å². The van der Waals surface area contributed by atoms with E-state index >= 15 is 0 Å². The highest BCUT2D eigenvalue weighted by molar-refractivity contribution is 7.21. The zero-order valence-electron chi connectivity index (χ0n) is 14.5. The fourth-order valence-corrected chi connectivity index (χ4v) is 3.72. The van der Waals surface area contributed by atoms with Gasteiger partial charge in [-0.05, 0) is 54.8 Å². The quantitative estimate of drug-likeness (QED) is 0.480. The largest absolute Gasteiger partial charge is 0.508 e. The van der Waals surface area contributed by atoms with Crippen molar-refractivity contribution >= 4 is 27.5 Å². The van der Waals surface area contributed by atoms with Crippen molar-refractivity contribution in [3.63, 3.8) is 0 Å². The molecule has 1 amide bonds. The molecule has 0 aliphatic heterocycles. The predicted octanol–water partition coefficient (Wildman–Crippen LogP) is 4.62. The van der Waals surface area contributed by atoms with Gasteiger partial charge in [-0.2, -0.15) is 0 Å². The minimum atomic E-state index is -0.229. The number of aromatic nitrogens is 1. The van der Waals surface area contributed by atoms with Gasteiger partial charge in [0.2, 0.25) is 0 Å². The Labute approximate surface area is 160 Å². The third-order valence-electron chi connectivity index (χ3n) is 4.20. The van der Waals surface area contributed by atoms with E-state index in [4.69, 9.17) is 4.42 Å². The molecule has 2 heterocycles. The van der Waals surface area contributed by atoms with E-state index in [1.165, 1.54) is 0 Å². The van der Waals surface area contributed by atoms with E-state index in [9.17, 15) is 9.90 Å². The van der Waals surface area contributed by atoms with Gasteiger partial charge in [-0.15, -0.1) is 11.3 Å². The molecule has 2 aromatic carbocycles. The average molecular weight is 378 g/mol. The second kappa shape index (κ2) is 7.63. The molecule has 4 rings (SSSR count). The first-order chi connectivity index (χ1) is 13.2. The molecule has 4 aromatic rings. The maximum atomic E-state index is 12.3. The van der Waals surface area contributed by atoms with E-state index in [1.807, 2.05) is 36.4 Å². The lowest BCUT2D eigenvalue weighted by Gasteiger charge is -2.04. The normalized spacial score (nSPS) is 11.0. The van der Waals surface area contributed by atoms with Gasteiger partial charge in [0.05, 0.1) is 10.2 Å². The van der Waals surface area contributed by atoms with Crippen LogP contribution in [0.15, 0.2) is 65.1 Å². The van der Waals surface area contributed by atoms with Gasteiger partial charge in [-0.1, -0.05) is 24.3 Å². The second-order valence-corrected chi connectivity index (χ2v) is 7.21. The Balaban J connectivity index is 1.33. The summed E-state index contributed by atoms with van der Waals surface area (Å²) in [6.45, 7) is 0.552. The number of benzene rings is 2. The minimum absolute atomic E-state index is 0.229. The Kier molecular flexibility index (Phi) is 4.89. The Morgan fingerprint density at radius 2 is 1.89 bits per heavy atom. The van der Waals surface area contributed by atoms with Crippen molar-refractivity contribution in [2.24, 2.45) is 0 Å². The van der Waals surface area contributed by atoms with Crippen LogP contribution in [0.1, 0.15) is 22.5 Å². The highest BCUT2D eigenvalue weighted by Gasteiger charge is 2.14. The summed E-state index contributed by atoms with van der Waals surface area (Å²) < 4.78 is 6.78. The van der Waals surface area contributed by atoms with E-state index in [0.29, 0.717) is 12.3 Å². The fraction of sp³-hybridized carbons (Fsp3) is 0.143.